The van der Waals surface area contributed by atoms with E-state index in [-0.39, 0.29) is 5.91 Å². The number of hydrogen-bond donors (Lipinski definition) is 0. The molecule has 1 aromatic carbocycles. The van der Waals surface area contributed by atoms with E-state index in [1.165, 1.54) is 23.1 Å². The molecule has 0 unspecified atom stereocenters. The van der Waals surface area contributed by atoms with Crippen LogP contribution in [-0.4, -0.2) is 20.1 Å². The average Bonchev–Trinajstić information content (AvgIpc) is 3.12. The highest BCUT2D eigenvalue weighted by atomic mass is 32.2. The summed E-state index contributed by atoms with van der Waals surface area (Å²) in [5.74, 6) is -0.0263. The fourth-order valence-electron chi connectivity index (χ4n) is 2.04. The van der Waals surface area contributed by atoms with Crippen LogP contribution in [0.4, 0.5) is 0 Å². The Labute approximate surface area is 136 Å². The predicted molar refractivity (Wildman–Crippen MR) is 91.9 cm³/mol. The Morgan fingerprint density at radius 2 is 2.10 bits per heavy atom. The molecule has 1 amide bonds. The zero-order valence-electron chi connectivity index (χ0n) is 11.3. The minimum Gasteiger partial charge on any atom is -0.288 e. The number of rotatable bonds is 3. The van der Waals surface area contributed by atoms with E-state index in [0.29, 0.717) is 15.8 Å². The van der Waals surface area contributed by atoms with Crippen molar-refractivity contribution in [2.24, 2.45) is 0 Å². The molecule has 6 heteroatoms. The normalized spacial score (nSPS) is 17.5. The van der Waals surface area contributed by atoms with Crippen LogP contribution in [0, 0.1) is 0 Å². The highest BCUT2D eigenvalue weighted by Crippen LogP contribution is 2.37. The zero-order chi connectivity index (χ0) is 14.8. The van der Waals surface area contributed by atoms with Gasteiger partial charge in [0.1, 0.15) is 9.33 Å². The number of thiazole rings is 1. The predicted octanol–water partition coefficient (Wildman–Crippen LogP) is 3.93. The molecule has 1 fully saturated rings. The second-order valence-electron chi connectivity index (χ2n) is 4.54. The Bertz CT molecular complexity index is 708. The van der Waals surface area contributed by atoms with E-state index in [1.807, 2.05) is 42.6 Å². The molecule has 1 aliphatic rings. The van der Waals surface area contributed by atoms with Crippen molar-refractivity contribution in [1.29, 1.82) is 0 Å². The van der Waals surface area contributed by atoms with Gasteiger partial charge in [0, 0.05) is 17.2 Å². The third-order valence-electron chi connectivity index (χ3n) is 3.13. The lowest BCUT2D eigenvalue weighted by molar-refractivity contribution is -0.122. The maximum Gasteiger partial charge on any atom is 0.266 e. The molecule has 3 nitrogen and oxygen atoms in total. The zero-order valence-corrected chi connectivity index (χ0v) is 13.7. The summed E-state index contributed by atoms with van der Waals surface area (Å²) in [7, 11) is 0. The summed E-state index contributed by atoms with van der Waals surface area (Å²) in [4.78, 5) is 19.2. The molecule has 0 spiro atoms. The molecule has 0 aliphatic carbocycles. The summed E-state index contributed by atoms with van der Waals surface area (Å²) in [6.45, 7) is 2.44. The van der Waals surface area contributed by atoms with Crippen LogP contribution in [0.25, 0.3) is 5.57 Å². The topological polar surface area (TPSA) is 33.2 Å². The number of hydrogen-bond acceptors (Lipinski definition) is 5. The van der Waals surface area contributed by atoms with Gasteiger partial charge in [0.2, 0.25) is 0 Å². The van der Waals surface area contributed by atoms with Crippen molar-refractivity contribution in [3.8, 4) is 0 Å². The summed E-state index contributed by atoms with van der Waals surface area (Å²) in [5.41, 5.74) is 1.97. The van der Waals surface area contributed by atoms with Crippen LogP contribution in [0.15, 0.2) is 46.8 Å². The monoisotopic (exact) mass is 332 g/mol. The number of amides is 1. The molecule has 3 rings (SSSR count). The van der Waals surface area contributed by atoms with Gasteiger partial charge in [-0.2, -0.15) is 0 Å². The quantitative estimate of drug-likeness (QED) is 0.630. The van der Waals surface area contributed by atoms with Crippen molar-refractivity contribution in [3.05, 3.63) is 57.4 Å². The molecule has 1 saturated heterocycles. The SMILES string of the molecule is C/C(=C1/SC(=S)N(Cc2ccccc2)C1=O)c1nccs1. The standard InChI is InChI=1S/C15H12N2OS3/c1-10(13-16-7-8-20-13)12-14(18)17(15(19)21-12)9-11-5-3-2-4-6-11/h2-8H,9H2,1H3/b12-10-. The number of carbonyl (C=O) groups is 1. The number of nitrogens with zero attached hydrogens (tertiary/aromatic N) is 2. The van der Waals surface area contributed by atoms with Crippen molar-refractivity contribution >= 4 is 51.1 Å². The minimum absolute atomic E-state index is 0.0263. The smallest absolute Gasteiger partial charge is 0.266 e. The summed E-state index contributed by atoms with van der Waals surface area (Å²) < 4.78 is 0.606. The van der Waals surface area contributed by atoms with Crippen LogP contribution in [0.1, 0.15) is 17.5 Å². The van der Waals surface area contributed by atoms with Crippen molar-refractivity contribution in [2.75, 3.05) is 0 Å². The number of thioether (sulfide) groups is 1. The van der Waals surface area contributed by atoms with Crippen molar-refractivity contribution in [3.63, 3.8) is 0 Å². The van der Waals surface area contributed by atoms with Gasteiger partial charge < -0.3 is 0 Å². The summed E-state index contributed by atoms with van der Waals surface area (Å²) in [5, 5.41) is 2.78. The minimum atomic E-state index is -0.0263. The largest absolute Gasteiger partial charge is 0.288 e. The van der Waals surface area contributed by atoms with Crippen LogP contribution in [0.3, 0.4) is 0 Å². The van der Waals surface area contributed by atoms with Crippen LogP contribution in [-0.2, 0) is 11.3 Å². The highest BCUT2D eigenvalue weighted by molar-refractivity contribution is 8.26. The Kier molecular flexibility index (Phi) is 4.19. The summed E-state index contributed by atoms with van der Waals surface area (Å²) in [6.07, 6.45) is 1.74. The molecule has 21 heavy (non-hydrogen) atoms. The molecule has 1 aromatic heterocycles. The molecule has 106 valence electrons. The fraction of sp³-hybridized carbons (Fsp3) is 0.133. The van der Waals surface area contributed by atoms with Crippen molar-refractivity contribution < 1.29 is 4.79 Å². The first-order valence-corrected chi connectivity index (χ1v) is 8.45. The van der Waals surface area contributed by atoms with Crippen LogP contribution in [0.2, 0.25) is 0 Å². The van der Waals surface area contributed by atoms with Gasteiger partial charge in [-0.1, -0.05) is 54.3 Å². The number of carbonyl (C=O) groups excluding carboxylic acids is 1. The lowest BCUT2D eigenvalue weighted by Gasteiger charge is -2.14. The summed E-state index contributed by atoms with van der Waals surface area (Å²) >= 11 is 8.25. The molecule has 2 heterocycles. The second kappa shape index (κ2) is 6.09. The van der Waals surface area contributed by atoms with E-state index in [1.54, 1.807) is 11.1 Å². The first-order chi connectivity index (χ1) is 10.2. The van der Waals surface area contributed by atoms with E-state index in [9.17, 15) is 4.79 Å². The Balaban J connectivity index is 1.88. The van der Waals surface area contributed by atoms with E-state index in [4.69, 9.17) is 12.2 Å². The molecule has 2 aromatic rings. The highest BCUT2D eigenvalue weighted by Gasteiger charge is 2.34. The van der Waals surface area contributed by atoms with Gasteiger partial charge in [0.15, 0.2) is 0 Å². The Morgan fingerprint density at radius 3 is 2.76 bits per heavy atom. The molecule has 0 atom stereocenters. The number of aromatic nitrogens is 1. The Morgan fingerprint density at radius 1 is 1.33 bits per heavy atom. The number of benzene rings is 1. The van der Waals surface area contributed by atoms with Gasteiger partial charge in [-0.05, 0) is 12.5 Å². The molecule has 0 saturated carbocycles. The maximum absolute atomic E-state index is 12.6. The second-order valence-corrected chi connectivity index (χ2v) is 7.08. The first-order valence-electron chi connectivity index (χ1n) is 6.35. The third-order valence-corrected chi connectivity index (χ3v) is 5.57. The lowest BCUT2D eigenvalue weighted by Crippen LogP contribution is -2.27. The van der Waals surface area contributed by atoms with Gasteiger partial charge in [0.05, 0.1) is 11.4 Å². The van der Waals surface area contributed by atoms with Crippen molar-refractivity contribution in [2.45, 2.75) is 13.5 Å². The Hall–Kier alpha value is -1.50. The van der Waals surface area contributed by atoms with Gasteiger partial charge in [-0.25, -0.2) is 4.98 Å². The number of allylic oxidation sites excluding steroid dienone is 1. The van der Waals surface area contributed by atoms with Gasteiger partial charge >= 0.3 is 0 Å². The molecule has 0 bridgehead atoms. The molecule has 1 aliphatic heterocycles. The van der Waals surface area contributed by atoms with Gasteiger partial charge in [-0.3, -0.25) is 9.69 Å². The van der Waals surface area contributed by atoms with Crippen molar-refractivity contribution in [1.82, 2.24) is 9.88 Å². The van der Waals surface area contributed by atoms with E-state index < -0.39 is 0 Å². The fourth-order valence-corrected chi connectivity index (χ4v) is 4.03. The molecule has 0 radical (unpaired) electrons. The molecular weight excluding hydrogens is 320 g/mol. The average molecular weight is 332 g/mol. The van der Waals surface area contributed by atoms with Crippen LogP contribution >= 0.6 is 35.3 Å². The van der Waals surface area contributed by atoms with E-state index in [2.05, 4.69) is 4.98 Å². The third kappa shape index (κ3) is 2.92. The maximum atomic E-state index is 12.6. The lowest BCUT2D eigenvalue weighted by atomic mass is 10.2. The van der Waals surface area contributed by atoms with Crippen LogP contribution < -0.4 is 0 Å². The van der Waals surface area contributed by atoms with E-state index in [0.717, 1.165) is 16.1 Å². The first kappa shape index (κ1) is 14.4. The summed E-state index contributed by atoms with van der Waals surface area (Å²) in [6, 6.07) is 9.87. The van der Waals surface area contributed by atoms with Gasteiger partial charge in [0.25, 0.3) is 5.91 Å². The number of thiocarbonyl (C=S) groups is 1. The molecule has 0 N–H and O–H groups in total. The molecular formula is C15H12N2OS3. The van der Waals surface area contributed by atoms with Crippen LogP contribution in [0.5, 0.6) is 0 Å². The van der Waals surface area contributed by atoms with E-state index >= 15 is 0 Å². The van der Waals surface area contributed by atoms with Gasteiger partial charge in [-0.15, -0.1) is 11.3 Å².